The Kier molecular flexibility index (Phi) is 5.21. The molecule has 2 aromatic rings. The third-order valence-electron chi connectivity index (χ3n) is 2.77. The molecule has 2 aromatic carbocycles. The molecular formula is C17H21N3O. The summed E-state index contributed by atoms with van der Waals surface area (Å²) in [6, 6.07) is 17.8. The fourth-order valence-corrected chi connectivity index (χ4v) is 1.81. The summed E-state index contributed by atoms with van der Waals surface area (Å²) in [5.41, 5.74) is 6.86. The van der Waals surface area contributed by atoms with Crippen molar-refractivity contribution in [3.8, 4) is 11.5 Å². The Bertz CT molecular complexity index is 577. The van der Waals surface area contributed by atoms with Crippen LogP contribution in [-0.4, -0.2) is 12.0 Å². The Morgan fingerprint density at radius 3 is 2.29 bits per heavy atom. The molecule has 0 heterocycles. The lowest BCUT2D eigenvalue weighted by Gasteiger charge is -2.09. The third kappa shape index (κ3) is 5.18. The summed E-state index contributed by atoms with van der Waals surface area (Å²) < 4.78 is 5.74. The Hall–Kier alpha value is -2.49. The first-order valence-electron chi connectivity index (χ1n) is 7.02. The highest BCUT2D eigenvalue weighted by molar-refractivity contribution is 5.78. The van der Waals surface area contributed by atoms with Gasteiger partial charge in [-0.15, -0.1) is 0 Å². The second-order valence-corrected chi connectivity index (χ2v) is 5.06. The SMILES string of the molecule is CC(C)NC(N)=NCc1ccc(Oc2ccccc2)cc1. The van der Waals surface area contributed by atoms with E-state index in [1.807, 2.05) is 68.4 Å². The number of ether oxygens (including phenoxy) is 1. The number of hydrogen-bond acceptors (Lipinski definition) is 2. The summed E-state index contributed by atoms with van der Waals surface area (Å²) in [6.45, 7) is 4.60. The summed E-state index contributed by atoms with van der Waals surface area (Å²) in [7, 11) is 0. The molecule has 4 heteroatoms. The molecule has 0 aliphatic carbocycles. The molecule has 0 aliphatic heterocycles. The second kappa shape index (κ2) is 7.33. The average Bonchev–Trinajstić information content (AvgIpc) is 2.47. The van der Waals surface area contributed by atoms with Crippen LogP contribution in [0.4, 0.5) is 0 Å². The molecule has 110 valence electrons. The molecule has 0 bridgehead atoms. The summed E-state index contributed by atoms with van der Waals surface area (Å²) in [6.07, 6.45) is 0. The lowest BCUT2D eigenvalue weighted by molar-refractivity contribution is 0.482. The van der Waals surface area contributed by atoms with Crippen LogP contribution in [0.25, 0.3) is 0 Å². The molecule has 3 N–H and O–H groups in total. The van der Waals surface area contributed by atoms with E-state index in [2.05, 4.69) is 10.3 Å². The van der Waals surface area contributed by atoms with Crippen LogP contribution in [0.1, 0.15) is 19.4 Å². The Morgan fingerprint density at radius 2 is 1.67 bits per heavy atom. The summed E-state index contributed by atoms with van der Waals surface area (Å²) in [4.78, 5) is 4.29. The van der Waals surface area contributed by atoms with Gasteiger partial charge in [-0.2, -0.15) is 0 Å². The van der Waals surface area contributed by atoms with E-state index in [-0.39, 0.29) is 6.04 Å². The van der Waals surface area contributed by atoms with Gasteiger partial charge in [-0.1, -0.05) is 30.3 Å². The van der Waals surface area contributed by atoms with Gasteiger partial charge in [0.15, 0.2) is 5.96 Å². The first-order chi connectivity index (χ1) is 10.1. The number of nitrogens with one attached hydrogen (secondary N) is 1. The van der Waals surface area contributed by atoms with Crippen molar-refractivity contribution in [1.82, 2.24) is 5.32 Å². The highest BCUT2D eigenvalue weighted by Crippen LogP contribution is 2.21. The predicted octanol–water partition coefficient (Wildman–Crippen LogP) is 3.29. The zero-order valence-corrected chi connectivity index (χ0v) is 12.4. The number of rotatable bonds is 5. The van der Waals surface area contributed by atoms with Gasteiger partial charge in [0.05, 0.1) is 6.54 Å². The van der Waals surface area contributed by atoms with Crippen molar-refractivity contribution in [3.05, 3.63) is 60.2 Å². The Morgan fingerprint density at radius 1 is 1.05 bits per heavy atom. The minimum atomic E-state index is 0.287. The van der Waals surface area contributed by atoms with Crippen molar-refractivity contribution in [1.29, 1.82) is 0 Å². The fourth-order valence-electron chi connectivity index (χ4n) is 1.81. The van der Waals surface area contributed by atoms with Crippen molar-refractivity contribution in [2.75, 3.05) is 0 Å². The summed E-state index contributed by atoms with van der Waals surface area (Å²) in [5.74, 6) is 2.10. The molecule has 0 saturated heterocycles. The van der Waals surface area contributed by atoms with Crippen molar-refractivity contribution >= 4 is 5.96 Å². The van der Waals surface area contributed by atoms with Crippen LogP contribution in [0.5, 0.6) is 11.5 Å². The average molecular weight is 283 g/mol. The van der Waals surface area contributed by atoms with Gasteiger partial charge >= 0.3 is 0 Å². The predicted molar refractivity (Wildman–Crippen MR) is 86.6 cm³/mol. The minimum Gasteiger partial charge on any atom is -0.457 e. The van der Waals surface area contributed by atoms with E-state index in [1.165, 1.54) is 0 Å². The topological polar surface area (TPSA) is 59.6 Å². The first-order valence-corrected chi connectivity index (χ1v) is 7.02. The molecule has 2 rings (SSSR count). The third-order valence-corrected chi connectivity index (χ3v) is 2.77. The van der Waals surface area contributed by atoms with Gasteiger partial charge in [0.2, 0.25) is 0 Å². The van der Waals surface area contributed by atoms with E-state index in [0.717, 1.165) is 17.1 Å². The Balaban J connectivity index is 1.93. The fraction of sp³-hybridized carbons (Fsp3) is 0.235. The normalized spacial score (nSPS) is 11.5. The standard InChI is InChI=1S/C17H21N3O/c1-13(2)20-17(18)19-12-14-8-10-16(11-9-14)21-15-6-4-3-5-7-15/h3-11,13H,12H2,1-2H3,(H3,18,19,20). The zero-order chi connectivity index (χ0) is 15.1. The quantitative estimate of drug-likeness (QED) is 0.654. The van der Waals surface area contributed by atoms with Crippen LogP contribution in [0, 0.1) is 0 Å². The molecule has 21 heavy (non-hydrogen) atoms. The number of benzene rings is 2. The van der Waals surface area contributed by atoms with E-state index in [1.54, 1.807) is 0 Å². The van der Waals surface area contributed by atoms with E-state index in [4.69, 9.17) is 10.5 Å². The van der Waals surface area contributed by atoms with Gasteiger partial charge in [-0.05, 0) is 43.7 Å². The molecule has 0 fully saturated rings. The van der Waals surface area contributed by atoms with Crippen LogP contribution in [0.15, 0.2) is 59.6 Å². The van der Waals surface area contributed by atoms with Gasteiger partial charge in [-0.25, -0.2) is 4.99 Å². The molecule has 0 amide bonds. The number of guanidine groups is 1. The number of hydrogen-bond donors (Lipinski definition) is 2. The molecule has 0 unspecified atom stereocenters. The van der Waals surface area contributed by atoms with Gasteiger partial charge in [0.25, 0.3) is 0 Å². The zero-order valence-electron chi connectivity index (χ0n) is 12.4. The van der Waals surface area contributed by atoms with E-state index in [0.29, 0.717) is 12.5 Å². The van der Waals surface area contributed by atoms with Gasteiger partial charge in [0.1, 0.15) is 11.5 Å². The maximum atomic E-state index is 5.77. The highest BCUT2D eigenvalue weighted by Gasteiger charge is 1.98. The lowest BCUT2D eigenvalue weighted by atomic mass is 10.2. The molecule has 4 nitrogen and oxygen atoms in total. The number of aliphatic imine (C=N–C) groups is 1. The number of nitrogens with zero attached hydrogens (tertiary/aromatic N) is 1. The van der Waals surface area contributed by atoms with Crippen LogP contribution in [0.2, 0.25) is 0 Å². The largest absolute Gasteiger partial charge is 0.457 e. The molecule has 0 aliphatic rings. The second-order valence-electron chi connectivity index (χ2n) is 5.06. The molecule has 0 spiro atoms. The monoisotopic (exact) mass is 283 g/mol. The summed E-state index contributed by atoms with van der Waals surface area (Å²) in [5, 5.41) is 3.06. The van der Waals surface area contributed by atoms with E-state index in [9.17, 15) is 0 Å². The maximum absolute atomic E-state index is 5.77. The van der Waals surface area contributed by atoms with Gasteiger partial charge in [0, 0.05) is 6.04 Å². The van der Waals surface area contributed by atoms with Crippen molar-refractivity contribution < 1.29 is 4.74 Å². The molecule has 0 radical (unpaired) electrons. The maximum Gasteiger partial charge on any atom is 0.189 e. The van der Waals surface area contributed by atoms with Gasteiger partial charge in [-0.3, -0.25) is 0 Å². The lowest BCUT2D eigenvalue weighted by Crippen LogP contribution is -2.36. The molecular weight excluding hydrogens is 262 g/mol. The summed E-state index contributed by atoms with van der Waals surface area (Å²) >= 11 is 0. The van der Waals surface area contributed by atoms with E-state index < -0.39 is 0 Å². The number of para-hydroxylation sites is 1. The van der Waals surface area contributed by atoms with Crippen LogP contribution in [-0.2, 0) is 6.54 Å². The van der Waals surface area contributed by atoms with Crippen LogP contribution >= 0.6 is 0 Å². The van der Waals surface area contributed by atoms with Crippen molar-refractivity contribution in [2.24, 2.45) is 10.7 Å². The molecule has 0 atom stereocenters. The van der Waals surface area contributed by atoms with Crippen molar-refractivity contribution in [2.45, 2.75) is 26.4 Å². The first kappa shape index (κ1) is 14.9. The number of nitrogens with two attached hydrogens (primary N) is 1. The van der Waals surface area contributed by atoms with E-state index >= 15 is 0 Å². The highest BCUT2D eigenvalue weighted by atomic mass is 16.5. The Labute approximate surface area is 125 Å². The minimum absolute atomic E-state index is 0.287. The van der Waals surface area contributed by atoms with Crippen LogP contribution < -0.4 is 15.8 Å². The van der Waals surface area contributed by atoms with Crippen LogP contribution in [0.3, 0.4) is 0 Å². The smallest absolute Gasteiger partial charge is 0.189 e. The molecule has 0 aromatic heterocycles. The van der Waals surface area contributed by atoms with Gasteiger partial charge < -0.3 is 15.8 Å². The molecule has 0 saturated carbocycles. The van der Waals surface area contributed by atoms with Crippen molar-refractivity contribution in [3.63, 3.8) is 0 Å².